The van der Waals surface area contributed by atoms with E-state index >= 15 is 0 Å². The predicted octanol–water partition coefficient (Wildman–Crippen LogP) is 6.02. The lowest BCUT2D eigenvalue weighted by molar-refractivity contribution is 0.0604. The Morgan fingerprint density at radius 1 is 0.806 bits per heavy atom. The van der Waals surface area contributed by atoms with Gasteiger partial charge in [0.15, 0.2) is 0 Å². The van der Waals surface area contributed by atoms with Crippen LogP contribution in [0.15, 0.2) is 0 Å². The lowest BCUT2D eigenvalue weighted by Crippen LogP contribution is -2.49. The summed E-state index contributed by atoms with van der Waals surface area (Å²) in [6.45, 7) is 18.3. The fourth-order valence-corrected chi connectivity index (χ4v) is 6.31. The van der Waals surface area contributed by atoms with Gasteiger partial charge in [0.1, 0.15) is 9.84 Å². The first-order chi connectivity index (χ1) is 16.5. The van der Waals surface area contributed by atoms with Gasteiger partial charge in [0.05, 0.1) is 17.1 Å². The zero-order valence-corrected chi connectivity index (χ0v) is 26.2. The molecule has 1 atom stereocenters. The maximum absolute atomic E-state index is 11.2. The van der Waals surface area contributed by atoms with Gasteiger partial charge in [0.25, 0.3) is 0 Å². The van der Waals surface area contributed by atoms with Crippen LogP contribution >= 0.6 is 0 Å². The van der Waals surface area contributed by atoms with E-state index in [1.165, 1.54) is 83.4 Å². The first kappa shape index (κ1) is 35.9. The Balaban J connectivity index is 0.000000606. The first-order valence-electron chi connectivity index (χ1n) is 14.0. The van der Waals surface area contributed by atoms with Crippen molar-refractivity contribution in [2.45, 2.75) is 149 Å². The minimum absolute atomic E-state index is 0.138. The molecule has 0 aromatic rings. The molecule has 2 aliphatic carbocycles. The first-order valence-corrected chi connectivity index (χ1v) is 17.1. The summed E-state index contributed by atoms with van der Waals surface area (Å²) in [6.07, 6.45) is 17.1. The summed E-state index contributed by atoms with van der Waals surface area (Å²) < 4.78 is 46.5. The molecule has 0 aromatic heterocycles. The molecule has 0 saturated heterocycles. The molecule has 9 heteroatoms. The molecular formula is C27H57N2O5S2-. The molecule has 0 amide bonds. The van der Waals surface area contributed by atoms with Crippen LogP contribution in [0.3, 0.4) is 0 Å². The number of hydrogen-bond acceptors (Lipinski definition) is 6. The third-order valence-electron chi connectivity index (χ3n) is 7.13. The largest absolute Gasteiger partial charge is 0.750 e. The SMILES string of the molecule is CC(C)(C)N(CCCS(C)(=O)=O)C1CCCCC1.CCCN(C1CCCCC1)C(C)(C)C.O=S([O-])O. The average Bonchev–Trinajstić information content (AvgIpc) is 2.74. The van der Waals surface area contributed by atoms with Crippen molar-refractivity contribution in [1.29, 1.82) is 0 Å². The van der Waals surface area contributed by atoms with Crippen molar-refractivity contribution in [3.05, 3.63) is 0 Å². The lowest BCUT2D eigenvalue weighted by Gasteiger charge is -2.43. The van der Waals surface area contributed by atoms with Crippen LogP contribution in [0.25, 0.3) is 0 Å². The van der Waals surface area contributed by atoms with Crippen molar-refractivity contribution in [1.82, 2.24) is 9.80 Å². The van der Waals surface area contributed by atoms with E-state index in [9.17, 15) is 8.42 Å². The molecule has 218 valence electrons. The molecule has 0 aromatic carbocycles. The van der Waals surface area contributed by atoms with Gasteiger partial charge in [0, 0.05) is 29.4 Å². The van der Waals surface area contributed by atoms with Gasteiger partial charge in [-0.2, -0.15) is 0 Å². The molecule has 0 heterocycles. The van der Waals surface area contributed by atoms with Crippen LogP contribution < -0.4 is 0 Å². The Morgan fingerprint density at radius 2 is 1.14 bits per heavy atom. The molecule has 7 nitrogen and oxygen atoms in total. The molecule has 0 aliphatic heterocycles. The number of nitrogens with zero attached hydrogens (tertiary/aromatic N) is 2. The highest BCUT2D eigenvalue weighted by Crippen LogP contribution is 2.29. The molecule has 2 saturated carbocycles. The van der Waals surface area contributed by atoms with E-state index in [-0.39, 0.29) is 5.54 Å². The summed E-state index contributed by atoms with van der Waals surface area (Å²) in [7, 11) is -2.82. The lowest BCUT2D eigenvalue weighted by atomic mass is 9.90. The highest BCUT2D eigenvalue weighted by atomic mass is 32.2. The van der Waals surface area contributed by atoms with Crippen LogP contribution in [0.4, 0.5) is 0 Å². The summed E-state index contributed by atoms with van der Waals surface area (Å²) in [4.78, 5) is 5.25. The number of hydrogen-bond donors (Lipinski definition) is 1. The molecule has 0 bridgehead atoms. The van der Waals surface area contributed by atoms with E-state index in [1.807, 2.05) is 0 Å². The second kappa shape index (κ2) is 17.5. The monoisotopic (exact) mass is 553 g/mol. The fraction of sp³-hybridized carbons (Fsp3) is 1.00. The Kier molecular flexibility index (Phi) is 17.5. The molecule has 2 rings (SSSR count). The molecular weight excluding hydrogens is 496 g/mol. The second-order valence-electron chi connectivity index (χ2n) is 12.5. The predicted molar refractivity (Wildman–Crippen MR) is 153 cm³/mol. The van der Waals surface area contributed by atoms with Crippen molar-refractivity contribution < 1.29 is 21.7 Å². The molecule has 2 aliphatic rings. The van der Waals surface area contributed by atoms with Crippen LogP contribution in [-0.2, 0) is 21.2 Å². The average molecular weight is 554 g/mol. The highest BCUT2D eigenvalue weighted by Gasteiger charge is 2.30. The summed E-state index contributed by atoms with van der Waals surface area (Å²) in [5.41, 5.74) is 0.498. The van der Waals surface area contributed by atoms with Crippen molar-refractivity contribution >= 4 is 21.2 Å². The zero-order chi connectivity index (χ0) is 28.0. The van der Waals surface area contributed by atoms with Gasteiger partial charge in [-0.15, -0.1) is 0 Å². The summed E-state index contributed by atoms with van der Waals surface area (Å²) >= 11 is -2.86. The van der Waals surface area contributed by atoms with Crippen LogP contribution in [0.2, 0.25) is 0 Å². The van der Waals surface area contributed by atoms with Gasteiger partial charge >= 0.3 is 0 Å². The molecule has 0 radical (unpaired) electrons. The molecule has 0 spiro atoms. The van der Waals surface area contributed by atoms with Gasteiger partial charge in [-0.1, -0.05) is 45.4 Å². The van der Waals surface area contributed by atoms with E-state index in [2.05, 4.69) is 58.3 Å². The smallest absolute Gasteiger partial charge is 0.147 e. The van der Waals surface area contributed by atoms with Crippen LogP contribution in [-0.4, -0.2) is 79.8 Å². The van der Waals surface area contributed by atoms with E-state index in [0.717, 1.165) is 19.0 Å². The third-order valence-corrected chi connectivity index (χ3v) is 8.16. The topological polar surface area (TPSA) is 101 Å². The van der Waals surface area contributed by atoms with E-state index in [4.69, 9.17) is 13.3 Å². The van der Waals surface area contributed by atoms with Crippen molar-refractivity contribution in [3.63, 3.8) is 0 Å². The van der Waals surface area contributed by atoms with Gasteiger partial charge < -0.3 is 9.11 Å². The van der Waals surface area contributed by atoms with E-state index in [1.54, 1.807) is 0 Å². The van der Waals surface area contributed by atoms with Crippen molar-refractivity contribution in [2.75, 3.05) is 25.1 Å². The molecule has 2 fully saturated rings. The van der Waals surface area contributed by atoms with E-state index < -0.39 is 21.2 Å². The maximum atomic E-state index is 11.2. The highest BCUT2D eigenvalue weighted by molar-refractivity contribution is 7.90. The van der Waals surface area contributed by atoms with Gasteiger partial charge in [-0.25, -0.2) is 12.6 Å². The van der Waals surface area contributed by atoms with Gasteiger partial charge in [-0.3, -0.25) is 9.80 Å². The standard InChI is InChI=1S/C14H29NO2S.C13H27N.H2O3S/c1-14(2,3)15(11-8-12-18(4,16)17)13-9-6-5-7-10-13;1-5-11-14(13(2,3)4)12-9-7-6-8-10-12;1-4(2)3/h13H,5-12H2,1-4H3;12H,5-11H2,1-4H3;(H2,1,2,3)/p-1. The fourth-order valence-electron chi connectivity index (χ4n) is 5.65. The second-order valence-corrected chi connectivity index (χ2v) is 15.2. The summed E-state index contributed by atoms with van der Waals surface area (Å²) in [5, 5.41) is 0. The molecule has 36 heavy (non-hydrogen) atoms. The number of sulfone groups is 1. The summed E-state index contributed by atoms with van der Waals surface area (Å²) in [6, 6.07) is 1.52. The Hall–Kier alpha value is -0.0600. The molecule has 1 N–H and O–H groups in total. The Labute approximate surface area is 226 Å². The minimum Gasteiger partial charge on any atom is -0.750 e. The Morgan fingerprint density at radius 3 is 1.42 bits per heavy atom. The van der Waals surface area contributed by atoms with Gasteiger partial charge in [0.2, 0.25) is 0 Å². The zero-order valence-electron chi connectivity index (χ0n) is 24.6. The quantitative estimate of drug-likeness (QED) is 0.367. The van der Waals surface area contributed by atoms with Crippen LogP contribution in [0.5, 0.6) is 0 Å². The minimum atomic E-state index is -2.86. The molecule has 1 unspecified atom stereocenters. The third kappa shape index (κ3) is 17.4. The van der Waals surface area contributed by atoms with Crippen LogP contribution in [0, 0.1) is 0 Å². The number of rotatable bonds is 8. The maximum Gasteiger partial charge on any atom is 0.147 e. The summed E-state index contributed by atoms with van der Waals surface area (Å²) in [5.74, 6) is 0.312. The van der Waals surface area contributed by atoms with Crippen molar-refractivity contribution in [2.24, 2.45) is 0 Å². The van der Waals surface area contributed by atoms with Gasteiger partial charge in [-0.05, 0) is 93.2 Å². The Bertz CT molecular complexity index is 686. The normalized spacial score (nSPS) is 19.3. The van der Waals surface area contributed by atoms with Crippen LogP contribution in [0.1, 0.15) is 126 Å². The van der Waals surface area contributed by atoms with E-state index in [0.29, 0.717) is 17.3 Å². The van der Waals surface area contributed by atoms with Crippen molar-refractivity contribution in [3.8, 4) is 0 Å².